The number of nitrogens with one attached hydrogen (secondary N) is 1. The molecule has 0 atom stereocenters. The Morgan fingerprint density at radius 2 is 1.67 bits per heavy atom. The van der Waals surface area contributed by atoms with E-state index >= 15 is 0 Å². The van der Waals surface area contributed by atoms with Crippen LogP contribution < -0.4 is 9.62 Å². The Morgan fingerprint density at radius 3 is 2.26 bits per heavy atom. The van der Waals surface area contributed by atoms with Crippen molar-refractivity contribution in [2.45, 2.75) is 33.1 Å². The van der Waals surface area contributed by atoms with Crippen LogP contribution in [0.1, 0.15) is 29.5 Å². The van der Waals surface area contributed by atoms with Crippen molar-refractivity contribution in [1.29, 1.82) is 0 Å². The zero-order valence-electron chi connectivity index (χ0n) is 16.2. The van der Waals surface area contributed by atoms with Gasteiger partial charge in [-0.05, 0) is 55.5 Å². The standard InChI is InChI=1S/C21H28N2O3S/c1-17-14-18(2)16-20(15-17)23(27(3,25)26)13-7-10-21(24)22-12-11-19-8-5-4-6-9-19/h4-6,8-9,14-16H,7,10-13H2,1-3H3,(H,22,24). The molecule has 0 aromatic heterocycles. The summed E-state index contributed by atoms with van der Waals surface area (Å²) in [5.41, 5.74) is 3.85. The number of rotatable bonds is 9. The number of carbonyl (C=O) groups excluding carboxylic acids is 1. The van der Waals surface area contributed by atoms with Crippen LogP contribution in [0, 0.1) is 13.8 Å². The average Bonchev–Trinajstić information content (AvgIpc) is 2.57. The Bertz CT molecular complexity index is 844. The summed E-state index contributed by atoms with van der Waals surface area (Å²) in [5.74, 6) is -0.0557. The van der Waals surface area contributed by atoms with Crippen LogP contribution in [0.2, 0.25) is 0 Å². The van der Waals surface area contributed by atoms with Crippen molar-refractivity contribution in [3.8, 4) is 0 Å². The molecule has 2 aromatic rings. The third kappa shape index (κ3) is 7.06. The van der Waals surface area contributed by atoms with Crippen LogP contribution in [0.5, 0.6) is 0 Å². The summed E-state index contributed by atoms with van der Waals surface area (Å²) in [6, 6.07) is 15.7. The lowest BCUT2D eigenvalue weighted by Gasteiger charge is -2.23. The minimum atomic E-state index is -3.40. The van der Waals surface area contributed by atoms with Gasteiger partial charge in [0, 0.05) is 19.5 Å². The van der Waals surface area contributed by atoms with E-state index in [0.29, 0.717) is 25.1 Å². The van der Waals surface area contributed by atoms with Gasteiger partial charge in [-0.1, -0.05) is 36.4 Å². The van der Waals surface area contributed by atoms with Gasteiger partial charge in [0.2, 0.25) is 15.9 Å². The van der Waals surface area contributed by atoms with Crippen molar-refractivity contribution in [3.05, 3.63) is 65.2 Å². The normalized spacial score (nSPS) is 11.2. The number of amides is 1. The van der Waals surface area contributed by atoms with E-state index in [4.69, 9.17) is 0 Å². The molecule has 0 bridgehead atoms. The molecule has 0 radical (unpaired) electrons. The maximum Gasteiger partial charge on any atom is 0.232 e. The molecular formula is C21H28N2O3S. The van der Waals surface area contributed by atoms with Crippen LogP contribution in [0.15, 0.2) is 48.5 Å². The molecule has 6 heteroatoms. The molecule has 0 fully saturated rings. The van der Waals surface area contributed by atoms with E-state index in [1.54, 1.807) is 0 Å². The lowest BCUT2D eigenvalue weighted by Crippen LogP contribution is -2.32. The molecular weight excluding hydrogens is 360 g/mol. The second-order valence-electron chi connectivity index (χ2n) is 6.87. The van der Waals surface area contributed by atoms with E-state index < -0.39 is 10.0 Å². The molecule has 0 aliphatic heterocycles. The van der Waals surface area contributed by atoms with Crippen molar-refractivity contribution >= 4 is 21.6 Å². The molecule has 5 nitrogen and oxygen atoms in total. The quantitative estimate of drug-likeness (QED) is 0.717. The molecule has 1 N–H and O–H groups in total. The predicted octanol–water partition coefficient (Wildman–Crippen LogP) is 3.21. The van der Waals surface area contributed by atoms with Crippen molar-refractivity contribution in [3.63, 3.8) is 0 Å². The summed E-state index contributed by atoms with van der Waals surface area (Å²) < 4.78 is 25.7. The van der Waals surface area contributed by atoms with Crippen molar-refractivity contribution in [2.24, 2.45) is 0 Å². The van der Waals surface area contributed by atoms with Gasteiger partial charge in [0.05, 0.1) is 11.9 Å². The summed E-state index contributed by atoms with van der Waals surface area (Å²) in [5, 5.41) is 2.89. The monoisotopic (exact) mass is 388 g/mol. The first-order valence-electron chi connectivity index (χ1n) is 9.12. The number of nitrogens with zero attached hydrogens (tertiary/aromatic N) is 1. The van der Waals surface area contributed by atoms with Gasteiger partial charge in [-0.15, -0.1) is 0 Å². The Labute approximate surface area is 162 Å². The smallest absolute Gasteiger partial charge is 0.232 e. The van der Waals surface area contributed by atoms with Crippen LogP contribution in [-0.4, -0.2) is 33.7 Å². The maximum atomic E-state index is 12.2. The van der Waals surface area contributed by atoms with Crippen LogP contribution in [0.25, 0.3) is 0 Å². The van der Waals surface area contributed by atoms with Gasteiger partial charge in [-0.25, -0.2) is 8.42 Å². The highest BCUT2D eigenvalue weighted by Gasteiger charge is 2.18. The summed E-state index contributed by atoms with van der Waals surface area (Å²) in [6.07, 6.45) is 2.75. The van der Waals surface area contributed by atoms with Crippen molar-refractivity contribution in [2.75, 3.05) is 23.7 Å². The zero-order chi connectivity index (χ0) is 19.9. The Morgan fingerprint density at radius 1 is 1.04 bits per heavy atom. The van der Waals surface area contributed by atoms with E-state index in [1.165, 1.54) is 16.1 Å². The molecule has 0 saturated heterocycles. The molecule has 0 heterocycles. The van der Waals surface area contributed by atoms with Gasteiger partial charge in [0.15, 0.2) is 0 Å². The molecule has 1 amide bonds. The molecule has 0 saturated carbocycles. The minimum Gasteiger partial charge on any atom is -0.356 e. The summed E-state index contributed by atoms with van der Waals surface area (Å²) in [6.45, 7) is 4.75. The fourth-order valence-electron chi connectivity index (χ4n) is 3.04. The molecule has 0 unspecified atom stereocenters. The fourth-order valence-corrected chi connectivity index (χ4v) is 3.99. The van der Waals surface area contributed by atoms with Gasteiger partial charge in [0.1, 0.15) is 0 Å². The number of hydrogen-bond acceptors (Lipinski definition) is 3. The number of hydrogen-bond donors (Lipinski definition) is 1. The van der Waals surface area contributed by atoms with Crippen molar-refractivity contribution < 1.29 is 13.2 Å². The number of aryl methyl sites for hydroxylation is 2. The van der Waals surface area contributed by atoms with Crippen LogP contribution >= 0.6 is 0 Å². The average molecular weight is 389 g/mol. The highest BCUT2D eigenvalue weighted by atomic mass is 32.2. The van der Waals surface area contributed by atoms with Gasteiger partial charge >= 0.3 is 0 Å². The van der Waals surface area contributed by atoms with Crippen molar-refractivity contribution in [1.82, 2.24) is 5.32 Å². The number of sulfonamides is 1. The first-order valence-corrected chi connectivity index (χ1v) is 11.0. The Balaban J connectivity index is 1.85. The third-order valence-electron chi connectivity index (χ3n) is 4.24. The molecule has 0 aliphatic rings. The third-order valence-corrected chi connectivity index (χ3v) is 5.43. The topological polar surface area (TPSA) is 66.5 Å². The van der Waals surface area contributed by atoms with E-state index in [1.807, 2.05) is 62.4 Å². The summed E-state index contributed by atoms with van der Waals surface area (Å²) in [4.78, 5) is 12.0. The maximum absolute atomic E-state index is 12.2. The first kappa shape index (κ1) is 21.0. The first-order chi connectivity index (χ1) is 12.8. The molecule has 27 heavy (non-hydrogen) atoms. The summed E-state index contributed by atoms with van der Waals surface area (Å²) >= 11 is 0. The minimum absolute atomic E-state index is 0.0557. The van der Waals surface area contributed by atoms with Crippen LogP contribution in [0.4, 0.5) is 5.69 Å². The van der Waals surface area contributed by atoms with E-state index in [9.17, 15) is 13.2 Å². The van der Waals surface area contributed by atoms with E-state index in [0.717, 1.165) is 17.5 Å². The highest BCUT2D eigenvalue weighted by Crippen LogP contribution is 2.21. The SMILES string of the molecule is Cc1cc(C)cc(N(CCCC(=O)NCCc2ccccc2)S(C)(=O)=O)c1. The Kier molecular flexibility index (Phi) is 7.42. The number of anilines is 1. The largest absolute Gasteiger partial charge is 0.356 e. The van der Waals surface area contributed by atoms with Crippen LogP contribution in [-0.2, 0) is 21.2 Å². The number of carbonyl (C=O) groups is 1. The molecule has 0 aliphatic carbocycles. The molecule has 2 rings (SSSR count). The Hall–Kier alpha value is -2.34. The van der Waals surface area contributed by atoms with E-state index in [2.05, 4.69) is 5.32 Å². The van der Waals surface area contributed by atoms with Crippen LogP contribution in [0.3, 0.4) is 0 Å². The number of benzene rings is 2. The second kappa shape index (κ2) is 9.55. The lowest BCUT2D eigenvalue weighted by molar-refractivity contribution is -0.121. The van der Waals surface area contributed by atoms with Gasteiger partial charge < -0.3 is 5.32 Å². The molecule has 0 spiro atoms. The molecule has 146 valence electrons. The van der Waals surface area contributed by atoms with E-state index in [-0.39, 0.29) is 12.5 Å². The van der Waals surface area contributed by atoms with Gasteiger partial charge in [-0.3, -0.25) is 9.10 Å². The van der Waals surface area contributed by atoms with Gasteiger partial charge in [0.25, 0.3) is 0 Å². The predicted molar refractivity (Wildman–Crippen MR) is 110 cm³/mol. The molecule has 2 aromatic carbocycles. The lowest BCUT2D eigenvalue weighted by atomic mass is 10.1. The second-order valence-corrected chi connectivity index (χ2v) is 8.78. The highest BCUT2D eigenvalue weighted by molar-refractivity contribution is 7.92. The zero-order valence-corrected chi connectivity index (χ0v) is 17.1. The fraction of sp³-hybridized carbons (Fsp3) is 0.381. The summed E-state index contributed by atoms with van der Waals surface area (Å²) in [7, 11) is -3.40. The van der Waals surface area contributed by atoms with Gasteiger partial charge in [-0.2, -0.15) is 0 Å².